The van der Waals surface area contributed by atoms with Gasteiger partial charge in [-0.2, -0.15) is 5.26 Å². The minimum Gasteiger partial charge on any atom is -0.368 e. The number of halogens is 1. The Morgan fingerprint density at radius 2 is 1.91 bits per heavy atom. The van der Waals surface area contributed by atoms with Crippen molar-refractivity contribution in [1.82, 2.24) is 4.98 Å². The number of fused-ring (bicyclic) bond motifs is 3. The summed E-state index contributed by atoms with van der Waals surface area (Å²) in [6.45, 7) is 0. The van der Waals surface area contributed by atoms with Crippen LogP contribution in [0.5, 0.6) is 0 Å². The van der Waals surface area contributed by atoms with Gasteiger partial charge in [0, 0.05) is 35.1 Å². The first-order chi connectivity index (χ1) is 16.0. The molecular weight excluding hydrogens is 419 g/mol. The van der Waals surface area contributed by atoms with Crippen LogP contribution in [0.1, 0.15) is 27.4 Å². The number of pyridine rings is 1. The average molecular weight is 438 g/mol. The number of aromatic nitrogens is 1. The van der Waals surface area contributed by atoms with Gasteiger partial charge in [-0.3, -0.25) is 14.6 Å². The lowest BCUT2D eigenvalue weighted by molar-refractivity contribution is -0.125. The average Bonchev–Trinajstić information content (AvgIpc) is 3.16. The van der Waals surface area contributed by atoms with E-state index in [0.29, 0.717) is 22.4 Å². The molecule has 0 unspecified atom stereocenters. The fraction of sp³-hybridized carbons (Fsp3) is 0.154. The van der Waals surface area contributed by atoms with Gasteiger partial charge in [0.2, 0.25) is 5.91 Å². The summed E-state index contributed by atoms with van der Waals surface area (Å²) in [7, 11) is 0. The van der Waals surface area contributed by atoms with Crippen molar-refractivity contribution < 1.29 is 14.0 Å². The zero-order valence-electron chi connectivity index (χ0n) is 17.4. The third-order valence-electron chi connectivity index (χ3n) is 6.56. The van der Waals surface area contributed by atoms with Crippen molar-refractivity contribution in [2.45, 2.75) is 18.0 Å². The Kier molecular flexibility index (Phi) is 4.79. The molecule has 1 fully saturated rings. The molecule has 1 amide bonds. The van der Waals surface area contributed by atoms with Crippen molar-refractivity contribution in [2.24, 2.45) is 11.1 Å². The van der Waals surface area contributed by atoms with E-state index in [4.69, 9.17) is 5.73 Å². The number of hydrogen-bond donors (Lipinski definition) is 1. The molecule has 0 saturated carbocycles. The van der Waals surface area contributed by atoms with E-state index in [1.54, 1.807) is 78.0 Å². The van der Waals surface area contributed by atoms with Crippen LogP contribution in [0.3, 0.4) is 0 Å². The number of primary amides is 1. The van der Waals surface area contributed by atoms with E-state index >= 15 is 0 Å². The molecule has 2 aliphatic rings. The molecular formula is C26H19FN4O2. The number of anilines is 1. The maximum Gasteiger partial charge on any atom is 0.241 e. The van der Waals surface area contributed by atoms with Crippen molar-refractivity contribution in [3.05, 3.63) is 102 Å². The molecule has 1 aromatic heterocycles. The lowest BCUT2D eigenvalue weighted by Crippen LogP contribution is -2.49. The molecule has 0 bridgehead atoms. The second kappa shape index (κ2) is 7.68. The predicted octanol–water partition coefficient (Wildman–Crippen LogP) is 3.47. The summed E-state index contributed by atoms with van der Waals surface area (Å²) >= 11 is 0. The maximum atomic E-state index is 14.0. The van der Waals surface area contributed by atoms with Gasteiger partial charge in [0.1, 0.15) is 11.9 Å². The van der Waals surface area contributed by atoms with Crippen molar-refractivity contribution in [2.75, 3.05) is 4.90 Å². The minimum atomic E-state index is -1.75. The Morgan fingerprint density at radius 1 is 1.12 bits per heavy atom. The number of amides is 1. The zero-order chi connectivity index (χ0) is 23.2. The summed E-state index contributed by atoms with van der Waals surface area (Å²) < 4.78 is 14.0. The van der Waals surface area contributed by atoms with Crippen LogP contribution in [0.2, 0.25) is 0 Å². The number of hydrogen-bond acceptors (Lipinski definition) is 5. The smallest absolute Gasteiger partial charge is 0.241 e. The number of carbonyl (C=O) groups is 2. The predicted molar refractivity (Wildman–Crippen MR) is 120 cm³/mol. The highest BCUT2D eigenvalue weighted by Gasteiger charge is 2.65. The van der Waals surface area contributed by atoms with E-state index in [-0.39, 0.29) is 5.78 Å². The van der Waals surface area contributed by atoms with Crippen LogP contribution in [0.25, 0.3) is 6.08 Å². The van der Waals surface area contributed by atoms with Gasteiger partial charge in [-0.1, -0.05) is 48.6 Å². The van der Waals surface area contributed by atoms with E-state index in [1.165, 1.54) is 12.1 Å². The van der Waals surface area contributed by atoms with Crippen LogP contribution >= 0.6 is 0 Å². The number of nitrogens with two attached hydrogens (primary N) is 1. The van der Waals surface area contributed by atoms with Crippen LogP contribution in [0.15, 0.2) is 79.1 Å². The molecule has 33 heavy (non-hydrogen) atoms. The molecule has 3 heterocycles. The van der Waals surface area contributed by atoms with Crippen LogP contribution in [-0.2, 0) is 4.79 Å². The minimum absolute atomic E-state index is 0.265. The van der Waals surface area contributed by atoms with Gasteiger partial charge in [-0.25, -0.2) is 4.39 Å². The lowest BCUT2D eigenvalue weighted by atomic mass is 9.68. The summed E-state index contributed by atoms with van der Waals surface area (Å²) in [4.78, 5) is 32.9. The second-order valence-electron chi connectivity index (χ2n) is 8.20. The van der Waals surface area contributed by atoms with Crippen molar-refractivity contribution >= 4 is 23.5 Å². The number of ketones is 1. The van der Waals surface area contributed by atoms with Crippen molar-refractivity contribution in [3.63, 3.8) is 0 Å². The molecule has 0 spiro atoms. The number of carbonyl (C=O) groups excluding carboxylic acids is 2. The van der Waals surface area contributed by atoms with Crippen molar-refractivity contribution in [1.29, 1.82) is 5.26 Å². The van der Waals surface area contributed by atoms with Crippen LogP contribution in [0, 0.1) is 22.6 Å². The molecule has 162 valence electrons. The van der Waals surface area contributed by atoms with Gasteiger partial charge in [-0.05, 0) is 29.8 Å². The van der Waals surface area contributed by atoms with Gasteiger partial charge in [-0.15, -0.1) is 0 Å². The third kappa shape index (κ3) is 2.95. The third-order valence-corrected chi connectivity index (χ3v) is 6.56. The largest absolute Gasteiger partial charge is 0.368 e. The molecule has 1 saturated heterocycles. The zero-order valence-corrected chi connectivity index (χ0v) is 17.4. The molecule has 0 aliphatic carbocycles. The number of benzene rings is 2. The first-order valence-corrected chi connectivity index (χ1v) is 10.5. The van der Waals surface area contributed by atoms with E-state index in [1.807, 2.05) is 0 Å². The number of nitrogens with zero attached hydrogens (tertiary/aromatic N) is 3. The molecule has 5 rings (SSSR count). The van der Waals surface area contributed by atoms with E-state index in [9.17, 15) is 19.2 Å². The molecule has 6 nitrogen and oxygen atoms in total. The highest BCUT2D eigenvalue weighted by molar-refractivity contribution is 6.06. The number of Topliss-reactive ketones (excluding diaryl/α,β-unsaturated/α-hetero) is 1. The Hall–Kier alpha value is -4.31. The van der Waals surface area contributed by atoms with Gasteiger partial charge in [0.05, 0.1) is 12.1 Å². The highest BCUT2D eigenvalue weighted by atomic mass is 19.1. The Morgan fingerprint density at radius 3 is 2.58 bits per heavy atom. The lowest BCUT2D eigenvalue weighted by Gasteiger charge is -2.36. The Labute approximate surface area is 189 Å². The normalized spacial score (nSPS) is 25.1. The summed E-state index contributed by atoms with van der Waals surface area (Å²) in [5.41, 5.74) is 6.27. The number of rotatable bonds is 4. The van der Waals surface area contributed by atoms with E-state index in [2.05, 4.69) is 11.1 Å². The van der Waals surface area contributed by atoms with Gasteiger partial charge in [0.25, 0.3) is 0 Å². The molecule has 4 atom stereocenters. The summed E-state index contributed by atoms with van der Waals surface area (Å²) in [6, 6.07) is 16.8. The van der Waals surface area contributed by atoms with E-state index in [0.717, 1.165) is 0 Å². The van der Waals surface area contributed by atoms with Gasteiger partial charge >= 0.3 is 0 Å². The van der Waals surface area contributed by atoms with Gasteiger partial charge < -0.3 is 10.6 Å². The number of nitriles is 1. The molecule has 3 aromatic rings. The van der Waals surface area contributed by atoms with Crippen LogP contribution in [-0.4, -0.2) is 28.8 Å². The van der Waals surface area contributed by atoms with Crippen LogP contribution in [0.4, 0.5) is 10.1 Å². The quantitative estimate of drug-likeness (QED) is 0.629. The standard InChI is InChI=1S/C26H19FN4O2/c27-19-9-10-20-17(13-19)8-11-21-26(15-28,25(29)33)22(18-7-4-12-30-14-18)23(31(20)21)24(32)16-5-2-1-3-6-16/h1-14,21-23H,(H2,29,33)/t21-,22-,23+,26+/m1/s1. The van der Waals surface area contributed by atoms with Crippen molar-refractivity contribution in [3.8, 4) is 6.07 Å². The SMILES string of the molecule is N#C[C@@]1(C(N)=O)[C@H](c2cccnc2)[C@@H](C(=O)c2ccccc2)N2c3ccc(F)cc3C=C[C@@H]21. The first-order valence-electron chi connectivity index (χ1n) is 10.5. The maximum absolute atomic E-state index is 14.0. The Balaban J connectivity index is 1.81. The molecule has 7 heteroatoms. The second-order valence-corrected chi connectivity index (χ2v) is 8.20. The van der Waals surface area contributed by atoms with E-state index < -0.39 is 35.1 Å². The summed E-state index contributed by atoms with van der Waals surface area (Å²) in [5, 5.41) is 10.4. The topological polar surface area (TPSA) is 100 Å². The molecule has 2 N–H and O–H groups in total. The fourth-order valence-electron chi connectivity index (χ4n) is 5.16. The fourth-order valence-corrected chi connectivity index (χ4v) is 5.16. The molecule has 2 aromatic carbocycles. The first kappa shape index (κ1) is 20.6. The van der Waals surface area contributed by atoms with Crippen LogP contribution < -0.4 is 10.6 Å². The highest BCUT2D eigenvalue weighted by Crippen LogP contribution is 2.55. The summed E-state index contributed by atoms with van der Waals surface area (Å²) in [6.07, 6.45) is 6.47. The Bertz CT molecular complexity index is 1320. The monoisotopic (exact) mass is 438 g/mol. The summed E-state index contributed by atoms with van der Waals surface area (Å²) in [5.74, 6) is -2.41. The molecule has 2 aliphatic heterocycles. The molecule has 0 radical (unpaired) electrons. The van der Waals surface area contributed by atoms with Gasteiger partial charge in [0.15, 0.2) is 11.2 Å².